The van der Waals surface area contributed by atoms with Gasteiger partial charge >= 0.3 is 0 Å². The van der Waals surface area contributed by atoms with Crippen molar-refractivity contribution < 1.29 is 22.8 Å². The topological polar surface area (TPSA) is 106 Å². The highest BCUT2D eigenvalue weighted by Crippen LogP contribution is 2.30. The number of nitrogens with one attached hydrogen (secondary N) is 1. The van der Waals surface area contributed by atoms with E-state index < -0.39 is 23.7 Å². The van der Waals surface area contributed by atoms with Crippen molar-refractivity contribution in [2.24, 2.45) is 0 Å². The van der Waals surface area contributed by atoms with E-state index in [9.17, 15) is 14.0 Å². The first-order chi connectivity index (χ1) is 17.5. The molecule has 0 aliphatic carbocycles. The normalized spacial score (nSPS) is 11.9. The van der Waals surface area contributed by atoms with Crippen LogP contribution in [0, 0.1) is 12.7 Å². The molecule has 3 aromatic heterocycles. The molecule has 0 fully saturated rings. The van der Waals surface area contributed by atoms with Gasteiger partial charge in [0, 0.05) is 5.69 Å². The number of hydrogen-bond donors (Lipinski definition) is 1. The van der Waals surface area contributed by atoms with Gasteiger partial charge in [0.1, 0.15) is 35.2 Å². The minimum absolute atomic E-state index is 0.0981. The van der Waals surface area contributed by atoms with Crippen LogP contribution in [0.1, 0.15) is 23.3 Å². The molecular weight excluding hydrogens is 465 g/mol. The number of halogens is 1. The Kier molecular flexibility index (Phi) is 6.31. The summed E-state index contributed by atoms with van der Waals surface area (Å²) in [5.41, 5.74) is 1.46. The van der Waals surface area contributed by atoms with Gasteiger partial charge in [-0.3, -0.25) is 14.5 Å². The van der Waals surface area contributed by atoms with Gasteiger partial charge in [-0.2, -0.15) is 0 Å². The zero-order chi connectivity index (χ0) is 25.1. The number of rotatable bonds is 8. The number of aromatic nitrogens is 3. The van der Waals surface area contributed by atoms with E-state index in [-0.39, 0.29) is 24.5 Å². The number of carbonyl (C=O) groups excluding carboxylic acids is 2. The van der Waals surface area contributed by atoms with Gasteiger partial charge in [0.2, 0.25) is 5.91 Å². The third-order valence-electron chi connectivity index (χ3n) is 5.61. The Balaban J connectivity index is 1.54. The second-order valence-corrected chi connectivity index (χ2v) is 8.13. The molecule has 1 atom stereocenters. The van der Waals surface area contributed by atoms with Gasteiger partial charge in [0.25, 0.3) is 5.91 Å². The summed E-state index contributed by atoms with van der Waals surface area (Å²) in [5.74, 6) is -0.268. The SMILES string of the molecule is Cc1ccc([C@H](C(=O)NCc2ccco2)N(C(=O)Cn2nnc3ccccc32)c2cccc(F)c2)o1. The molecule has 9 nitrogen and oxygen atoms in total. The molecule has 0 radical (unpaired) electrons. The van der Waals surface area contributed by atoms with Gasteiger partial charge in [-0.05, 0) is 61.5 Å². The molecule has 0 saturated carbocycles. The zero-order valence-corrected chi connectivity index (χ0v) is 19.3. The lowest BCUT2D eigenvalue weighted by atomic mass is 10.1. The van der Waals surface area contributed by atoms with E-state index in [4.69, 9.17) is 8.83 Å². The smallest absolute Gasteiger partial charge is 0.251 e. The first-order valence-electron chi connectivity index (χ1n) is 11.2. The summed E-state index contributed by atoms with van der Waals surface area (Å²) in [6.07, 6.45) is 1.50. The number of furan rings is 2. The molecule has 3 heterocycles. The lowest BCUT2D eigenvalue weighted by Gasteiger charge is -2.30. The van der Waals surface area contributed by atoms with E-state index in [0.29, 0.717) is 22.6 Å². The van der Waals surface area contributed by atoms with Gasteiger partial charge in [0.15, 0.2) is 6.04 Å². The van der Waals surface area contributed by atoms with Crippen LogP contribution in [-0.2, 0) is 22.7 Å². The quantitative estimate of drug-likeness (QED) is 0.352. The fourth-order valence-electron chi connectivity index (χ4n) is 3.96. The number of para-hydroxylation sites is 1. The van der Waals surface area contributed by atoms with Crippen molar-refractivity contribution in [1.82, 2.24) is 20.3 Å². The van der Waals surface area contributed by atoms with E-state index in [2.05, 4.69) is 15.6 Å². The Labute approximate surface area is 205 Å². The maximum Gasteiger partial charge on any atom is 0.251 e. The number of carbonyl (C=O) groups is 2. The summed E-state index contributed by atoms with van der Waals surface area (Å²) in [6, 6.07) is 18.2. The molecule has 5 rings (SSSR count). The number of amides is 2. The maximum absolute atomic E-state index is 14.3. The summed E-state index contributed by atoms with van der Waals surface area (Å²) in [7, 11) is 0. The van der Waals surface area contributed by atoms with Crippen molar-refractivity contribution in [1.29, 1.82) is 0 Å². The Morgan fingerprint density at radius 1 is 1.08 bits per heavy atom. The predicted molar refractivity (Wildman–Crippen MR) is 128 cm³/mol. The van der Waals surface area contributed by atoms with Crippen LogP contribution in [0.5, 0.6) is 0 Å². The van der Waals surface area contributed by atoms with Crippen LogP contribution in [-0.4, -0.2) is 26.8 Å². The van der Waals surface area contributed by atoms with E-state index in [1.807, 2.05) is 12.1 Å². The molecule has 0 aliphatic heterocycles. The summed E-state index contributed by atoms with van der Waals surface area (Å²) >= 11 is 0. The van der Waals surface area contributed by atoms with Crippen LogP contribution < -0.4 is 10.2 Å². The van der Waals surface area contributed by atoms with Crippen LogP contribution in [0.15, 0.2) is 87.9 Å². The van der Waals surface area contributed by atoms with Crippen LogP contribution in [0.25, 0.3) is 11.0 Å². The molecule has 1 N–H and O–H groups in total. The molecule has 2 amide bonds. The summed E-state index contributed by atoms with van der Waals surface area (Å²) in [6.45, 7) is 1.59. The molecule has 5 aromatic rings. The largest absolute Gasteiger partial charge is 0.467 e. The lowest BCUT2D eigenvalue weighted by Crippen LogP contribution is -2.45. The van der Waals surface area contributed by atoms with Crippen molar-refractivity contribution >= 4 is 28.5 Å². The second-order valence-electron chi connectivity index (χ2n) is 8.13. The molecule has 0 spiro atoms. The number of benzene rings is 2. The standard InChI is InChI=1S/C26H22FN5O4/c1-17-11-12-23(36-17)25(26(34)28-15-20-8-5-13-35-20)32(19-7-4-6-18(27)14-19)24(33)16-31-22-10-3-2-9-21(22)29-30-31/h2-14,25H,15-16H2,1H3,(H,28,34)/t25-/m1/s1. The van der Waals surface area contributed by atoms with Gasteiger partial charge in [0.05, 0.1) is 18.3 Å². The van der Waals surface area contributed by atoms with Crippen LogP contribution in [0.2, 0.25) is 0 Å². The minimum atomic E-state index is -1.22. The van der Waals surface area contributed by atoms with Crippen molar-refractivity contribution in [3.8, 4) is 0 Å². The number of aryl methyl sites for hydroxylation is 1. The van der Waals surface area contributed by atoms with Crippen LogP contribution in [0.4, 0.5) is 10.1 Å². The van der Waals surface area contributed by atoms with Gasteiger partial charge in [-0.1, -0.05) is 23.4 Å². The minimum Gasteiger partial charge on any atom is -0.467 e. The van der Waals surface area contributed by atoms with Crippen molar-refractivity contribution in [3.63, 3.8) is 0 Å². The zero-order valence-electron chi connectivity index (χ0n) is 19.3. The molecule has 0 aliphatic rings. The Hall–Kier alpha value is -4.73. The van der Waals surface area contributed by atoms with Gasteiger partial charge < -0.3 is 14.2 Å². The van der Waals surface area contributed by atoms with E-state index in [1.165, 1.54) is 34.0 Å². The van der Waals surface area contributed by atoms with Crippen molar-refractivity contribution in [3.05, 3.63) is 102 Å². The van der Waals surface area contributed by atoms with Gasteiger partial charge in [-0.25, -0.2) is 9.07 Å². The molecule has 36 heavy (non-hydrogen) atoms. The second kappa shape index (κ2) is 9.87. The number of fused-ring (bicyclic) bond motifs is 1. The molecule has 0 unspecified atom stereocenters. The highest BCUT2D eigenvalue weighted by Gasteiger charge is 2.35. The van der Waals surface area contributed by atoms with Gasteiger partial charge in [-0.15, -0.1) is 5.10 Å². The summed E-state index contributed by atoms with van der Waals surface area (Å²) in [5, 5.41) is 11.0. The van der Waals surface area contributed by atoms with Crippen molar-refractivity contribution in [2.45, 2.75) is 26.1 Å². The third kappa shape index (κ3) is 4.74. The first kappa shape index (κ1) is 23.0. The number of hydrogen-bond acceptors (Lipinski definition) is 6. The molecule has 0 bridgehead atoms. The Bertz CT molecular complexity index is 1510. The van der Waals surface area contributed by atoms with E-state index >= 15 is 0 Å². The molecular formula is C26H22FN5O4. The third-order valence-corrected chi connectivity index (χ3v) is 5.61. The van der Waals surface area contributed by atoms with E-state index in [0.717, 1.165) is 0 Å². The monoisotopic (exact) mass is 487 g/mol. The summed E-state index contributed by atoms with van der Waals surface area (Å²) < 4.78 is 26.8. The molecule has 182 valence electrons. The average Bonchev–Trinajstić information content (AvgIpc) is 3.63. The van der Waals surface area contributed by atoms with Crippen LogP contribution in [0.3, 0.4) is 0 Å². The number of nitrogens with zero attached hydrogens (tertiary/aromatic N) is 4. The highest BCUT2D eigenvalue weighted by molar-refractivity contribution is 6.01. The fourth-order valence-corrected chi connectivity index (χ4v) is 3.96. The molecule has 10 heteroatoms. The van der Waals surface area contributed by atoms with E-state index in [1.54, 1.807) is 49.4 Å². The first-order valence-corrected chi connectivity index (χ1v) is 11.2. The lowest BCUT2D eigenvalue weighted by molar-refractivity contribution is -0.127. The maximum atomic E-state index is 14.3. The Morgan fingerprint density at radius 2 is 1.94 bits per heavy atom. The summed E-state index contributed by atoms with van der Waals surface area (Å²) in [4.78, 5) is 28.5. The average molecular weight is 487 g/mol. The fraction of sp³-hybridized carbons (Fsp3) is 0.154. The molecule has 2 aromatic carbocycles. The van der Waals surface area contributed by atoms with Crippen molar-refractivity contribution in [2.75, 3.05) is 4.90 Å². The highest BCUT2D eigenvalue weighted by atomic mass is 19.1. The number of anilines is 1. The Morgan fingerprint density at radius 3 is 2.69 bits per heavy atom. The van der Waals surface area contributed by atoms with Crippen LogP contribution >= 0.6 is 0 Å². The predicted octanol–water partition coefficient (Wildman–Crippen LogP) is 4.16. The molecule has 0 saturated heterocycles.